The van der Waals surface area contributed by atoms with Crippen molar-refractivity contribution in [3.05, 3.63) is 130 Å². The van der Waals surface area contributed by atoms with E-state index >= 15 is 0 Å². The van der Waals surface area contributed by atoms with Crippen molar-refractivity contribution in [1.29, 1.82) is 5.41 Å². The monoisotopic (exact) mass is 766 g/mol. The Morgan fingerprint density at radius 3 is 1.89 bits per heavy atom. The Morgan fingerprint density at radius 1 is 0.684 bits per heavy atom. The zero-order chi connectivity index (χ0) is 39.6. The van der Waals surface area contributed by atoms with Crippen molar-refractivity contribution < 1.29 is 28.6 Å². The molecule has 1 amide bonds. The molecule has 4 aliphatic rings. The molecule has 2 saturated carbocycles. The van der Waals surface area contributed by atoms with Crippen molar-refractivity contribution in [1.82, 2.24) is 5.32 Å². The summed E-state index contributed by atoms with van der Waals surface area (Å²) in [7, 11) is 0. The van der Waals surface area contributed by atoms with Crippen LogP contribution in [0.15, 0.2) is 97.1 Å². The maximum Gasteiger partial charge on any atom is 0.519 e. The molecule has 0 unspecified atom stereocenters. The Morgan fingerprint density at radius 2 is 1.25 bits per heavy atom. The van der Waals surface area contributed by atoms with E-state index in [1.54, 1.807) is 12.1 Å². The number of benzene rings is 4. The first kappa shape index (κ1) is 38.6. The van der Waals surface area contributed by atoms with Gasteiger partial charge in [0.2, 0.25) is 5.78 Å². The molecule has 8 rings (SSSR count). The van der Waals surface area contributed by atoms with Crippen molar-refractivity contribution in [3.63, 3.8) is 0 Å². The summed E-state index contributed by atoms with van der Waals surface area (Å²) in [6.45, 7) is 4.63. The highest BCUT2D eigenvalue weighted by atomic mass is 16.7. The van der Waals surface area contributed by atoms with Crippen LogP contribution in [-0.2, 0) is 35.0 Å². The molecule has 4 aliphatic carbocycles. The van der Waals surface area contributed by atoms with E-state index in [0.29, 0.717) is 17.1 Å². The minimum atomic E-state index is -0.828. The molecule has 57 heavy (non-hydrogen) atoms. The Labute approximate surface area is 336 Å². The third-order valence-corrected chi connectivity index (χ3v) is 13.7. The maximum atomic E-state index is 13.7. The normalized spacial score (nSPS) is 26.4. The quantitative estimate of drug-likeness (QED) is 0.0799. The lowest BCUT2D eigenvalue weighted by atomic mass is 9.54. The van der Waals surface area contributed by atoms with E-state index in [9.17, 15) is 19.8 Å². The summed E-state index contributed by atoms with van der Waals surface area (Å²) in [6.07, 6.45) is 10.6. The molecule has 0 spiro atoms. The van der Waals surface area contributed by atoms with E-state index in [4.69, 9.17) is 14.2 Å². The number of carbonyl (C=O) groups is 3. The van der Waals surface area contributed by atoms with E-state index < -0.39 is 17.7 Å². The highest BCUT2D eigenvalue weighted by Gasteiger charge is 2.50. The number of fused-ring (bicyclic) bond motifs is 8. The average Bonchev–Trinajstić information content (AvgIpc) is 3.21. The molecule has 296 valence electrons. The lowest BCUT2D eigenvalue weighted by Crippen LogP contribution is -2.57. The van der Waals surface area contributed by atoms with E-state index in [1.807, 2.05) is 78.9 Å². The van der Waals surface area contributed by atoms with Gasteiger partial charge >= 0.3 is 12.2 Å². The zero-order valence-electron chi connectivity index (χ0n) is 33.2. The van der Waals surface area contributed by atoms with Gasteiger partial charge in [0.05, 0.1) is 5.71 Å². The first-order valence-electron chi connectivity index (χ1n) is 20.9. The third-order valence-electron chi connectivity index (χ3n) is 13.7. The highest BCUT2D eigenvalue weighted by molar-refractivity contribution is 6.45. The number of rotatable bonds is 8. The fraction of sp³-hybridized carbons (Fsp3) is 0.429. The molecule has 2 N–H and O–H groups in total. The van der Waals surface area contributed by atoms with Gasteiger partial charge in [0.1, 0.15) is 18.1 Å². The minimum Gasteiger partial charge on any atom is -0.445 e. The minimum absolute atomic E-state index is 0.131. The van der Waals surface area contributed by atoms with Gasteiger partial charge in [-0.15, -0.1) is 0 Å². The lowest BCUT2D eigenvalue weighted by molar-refractivity contribution is 0.103. The van der Waals surface area contributed by atoms with Crippen molar-refractivity contribution in [2.75, 3.05) is 0 Å². The van der Waals surface area contributed by atoms with E-state index in [0.717, 1.165) is 93.7 Å². The van der Waals surface area contributed by atoms with Gasteiger partial charge in [-0.3, -0.25) is 4.79 Å². The number of Topliss-reactive ketones (excluding diaryl/α,β-unsaturated/α-hetero) is 1. The van der Waals surface area contributed by atoms with Gasteiger partial charge in [0.15, 0.2) is 0 Å². The number of amides is 1. The number of nitrogens with one attached hydrogen (secondary N) is 2. The van der Waals surface area contributed by atoms with Crippen LogP contribution in [0.2, 0.25) is 0 Å². The van der Waals surface area contributed by atoms with Crippen molar-refractivity contribution in [3.8, 4) is 11.5 Å². The van der Waals surface area contributed by atoms with Gasteiger partial charge in [-0.25, -0.2) is 9.59 Å². The van der Waals surface area contributed by atoms with Gasteiger partial charge < -0.3 is 24.9 Å². The summed E-state index contributed by atoms with van der Waals surface area (Å²) >= 11 is 0. The number of hydrogen-bond acceptors (Lipinski definition) is 7. The molecule has 0 aliphatic heterocycles. The molecular weight excluding hydrogens is 713 g/mol. The second kappa shape index (κ2) is 16.3. The van der Waals surface area contributed by atoms with Crippen LogP contribution in [0.3, 0.4) is 0 Å². The van der Waals surface area contributed by atoms with E-state index in [-0.39, 0.29) is 47.3 Å². The summed E-state index contributed by atoms with van der Waals surface area (Å²) in [4.78, 5) is 40.5. The van der Waals surface area contributed by atoms with Crippen molar-refractivity contribution in [2.24, 2.45) is 17.8 Å². The van der Waals surface area contributed by atoms with Crippen LogP contribution >= 0.6 is 0 Å². The second-order valence-electron chi connectivity index (χ2n) is 17.3. The Balaban J connectivity index is 1.01. The summed E-state index contributed by atoms with van der Waals surface area (Å²) in [5, 5.41) is 12.6. The molecule has 6 atom stereocenters. The molecule has 0 heterocycles. The van der Waals surface area contributed by atoms with Crippen molar-refractivity contribution >= 4 is 23.7 Å². The van der Waals surface area contributed by atoms with E-state index in [1.165, 1.54) is 11.1 Å². The van der Waals surface area contributed by atoms with Gasteiger partial charge in [0.25, 0.3) is 0 Å². The molecule has 4 bridgehead atoms. The topological polar surface area (TPSA) is 115 Å². The van der Waals surface area contributed by atoms with Crippen molar-refractivity contribution in [2.45, 2.75) is 114 Å². The molecule has 0 radical (unpaired) electrons. The number of ketones is 1. The number of alkyl carbamates (subject to hydrolysis) is 1. The molecule has 4 aromatic rings. The third kappa shape index (κ3) is 7.88. The Kier molecular flexibility index (Phi) is 11.1. The summed E-state index contributed by atoms with van der Waals surface area (Å²) in [5.41, 5.74) is 5.33. The number of carbonyl (C=O) groups excluding carboxylic acids is 3. The van der Waals surface area contributed by atoms with Crippen LogP contribution in [0, 0.1) is 23.2 Å². The summed E-state index contributed by atoms with van der Waals surface area (Å²) < 4.78 is 17.5. The van der Waals surface area contributed by atoms with Crippen LogP contribution in [0.4, 0.5) is 9.59 Å². The zero-order valence-corrected chi connectivity index (χ0v) is 33.2. The molecule has 0 aromatic heterocycles. The fourth-order valence-corrected chi connectivity index (χ4v) is 10.9. The van der Waals surface area contributed by atoms with Gasteiger partial charge in [-0.2, -0.15) is 0 Å². The smallest absolute Gasteiger partial charge is 0.445 e. The fourth-order valence-electron chi connectivity index (χ4n) is 10.9. The van der Waals surface area contributed by atoms with Crippen LogP contribution in [0.25, 0.3) is 0 Å². The second-order valence-corrected chi connectivity index (χ2v) is 17.3. The van der Waals surface area contributed by atoms with Gasteiger partial charge in [-0.05, 0) is 102 Å². The molecule has 2 fully saturated rings. The maximum absolute atomic E-state index is 13.7. The molecular formula is C49H54N2O6. The Bertz CT molecular complexity index is 2130. The lowest BCUT2D eigenvalue weighted by Gasteiger charge is -2.49. The number of ether oxygens (including phenoxy) is 3. The van der Waals surface area contributed by atoms with E-state index in [2.05, 4.69) is 25.2 Å². The molecule has 8 heteroatoms. The van der Waals surface area contributed by atoms with Gasteiger partial charge in [-0.1, -0.05) is 125 Å². The first-order valence-corrected chi connectivity index (χ1v) is 20.9. The molecule has 8 nitrogen and oxygen atoms in total. The van der Waals surface area contributed by atoms with Crippen LogP contribution in [0.1, 0.15) is 116 Å². The predicted molar refractivity (Wildman–Crippen MR) is 220 cm³/mol. The van der Waals surface area contributed by atoms with Crippen LogP contribution in [-0.4, -0.2) is 29.8 Å². The first-order chi connectivity index (χ1) is 27.6. The van der Waals surface area contributed by atoms with Crippen LogP contribution in [0.5, 0.6) is 11.5 Å². The largest absolute Gasteiger partial charge is 0.519 e. The molecule has 4 aromatic carbocycles. The standard InChI is InChI=1S/C49H54N2O6/c1-48-25-13-5-11-19-36(42(48)43(50)44(52)33-17-9-4-10-18-33)27-34-21-23-38(29-40(34)48)56-47(54)57-39-24-22-35-28-37-20-12-6-14-26-49(2,41(35)30-39)45(37)51-46(53)55-31-32-15-7-3-8-16-32/h3-4,7-10,15-18,21-24,29-30,36-37,42,45,50H,5-6,11-14,19-20,25-28,31H2,1-2H3,(H,51,53)/t36-,37-,42+,45-,48+,49+/m0/s1. The SMILES string of the molecule is C[C@@]12CCCCC[C@@H](Cc3ccc(OC(=O)Oc4ccc5c(c4)[C@@]4(C)CCCCC[C@@H](C5)[C@@H]4C(=N)C(=O)c4ccccc4)cc31)[C@@H]2NC(=O)OCc1ccccc1. The predicted octanol–water partition coefficient (Wildman–Crippen LogP) is 10.9. The summed E-state index contributed by atoms with van der Waals surface area (Å²) in [6, 6.07) is 30.4. The van der Waals surface area contributed by atoms with Gasteiger partial charge in [0, 0.05) is 28.4 Å². The highest BCUT2D eigenvalue weighted by Crippen LogP contribution is 2.52. The molecule has 0 saturated heterocycles. The number of hydrogen-bond donors (Lipinski definition) is 2. The van der Waals surface area contributed by atoms with Crippen LogP contribution < -0.4 is 14.8 Å². The Hall–Kier alpha value is -5.24. The average molecular weight is 767 g/mol. The summed E-state index contributed by atoms with van der Waals surface area (Å²) in [5.74, 6) is 0.776.